The Balaban J connectivity index is 2.27. The summed E-state index contributed by atoms with van der Waals surface area (Å²) in [6, 6.07) is 0.252. The van der Waals surface area contributed by atoms with Crippen molar-refractivity contribution in [1.29, 1.82) is 0 Å². The van der Waals surface area contributed by atoms with E-state index < -0.39 is 0 Å². The second-order valence-electron chi connectivity index (χ2n) is 4.08. The summed E-state index contributed by atoms with van der Waals surface area (Å²) < 4.78 is 0. The highest BCUT2D eigenvalue weighted by Gasteiger charge is 2.28. The number of thioether (sulfide) groups is 1. The van der Waals surface area contributed by atoms with Gasteiger partial charge in [0.25, 0.3) is 0 Å². The molecule has 1 aliphatic carbocycles. The van der Waals surface area contributed by atoms with Crippen molar-refractivity contribution in [3.63, 3.8) is 0 Å². The van der Waals surface area contributed by atoms with Gasteiger partial charge in [0.15, 0.2) is 0 Å². The number of nitrogens with two attached hydrogens (primary N) is 1. The lowest BCUT2D eigenvalue weighted by molar-refractivity contribution is -0.125. The third-order valence-electron chi connectivity index (χ3n) is 2.81. The van der Waals surface area contributed by atoms with Crippen molar-refractivity contribution in [2.24, 2.45) is 5.73 Å². The lowest BCUT2D eigenvalue weighted by Crippen LogP contribution is -2.45. The van der Waals surface area contributed by atoms with Gasteiger partial charge in [-0.3, -0.25) is 9.59 Å². The van der Waals surface area contributed by atoms with E-state index in [4.69, 9.17) is 5.73 Å². The van der Waals surface area contributed by atoms with Crippen LogP contribution in [0.15, 0.2) is 0 Å². The molecule has 1 saturated carbocycles. The molecule has 0 aromatic rings. The van der Waals surface area contributed by atoms with E-state index in [1.807, 2.05) is 11.8 Å². The molecule has 0 saturated heterocycles. The summed E-state index contributed by atoms with van der Waals surface area (Å²) in [7, 11) is 0. The first kappa shape index (κ1) is 14.3. The fourth-order valence-electron chi connectivity index (χ4n) is 2.01. The molecule has 2 atom stereocenters. The van der Waals surface area contributed by atoms with Crippen LogP contribution in [0.4, 0.5) is 0 Å². The van der Waals surface area contributed by atoms with Gasteiger partial charge in [-0.2, -0.15) is 11.8 Å². The van der Waals surface area contributed by atoms with Gasteiger partial charge in [0.1, 0.15) is 0 Å². The Morgan fingerprint density at radius 2 is 2.12 bits per heavy atom. The fourth-order valence-corrected chi connectivity index (χ4v) is 3.21. The van der Waals surface area contributed by atoms with Crippen LogP contribution >= 0.6 is 11.8 Å². The van der Waals surface area contributed by atoms with Gasteiger partial charge >= 0.3 is 0 Å². The van der Waals surface area contributed by atoms with E-state index in [2.05, 4.69) is 17.6 Å². The molecule has 0 bridgehead atoms. The molecule has 0 aromatic carbocycles. The Morgan fingerprint density at radius 1 is 1.35 bits per heavy atom. The normalized spacial score (nSPS) is 23.4. The minimum Gasteiger partial charge on any atom is -0.351 e. The number of hydrogen-bond donors (Lipinski definition) is 3. The standard InChI is InChI=1S/C11H21N3O2S/c1-2-17-9-5-3-4-8(9)14-11(16)7-13-10(15)6-12/h8-9H,2-7,12H2,1H3,(H,13,15)(H,14,16). The SMILES string of the molecule is CCSC1CCCC1NC(=O)CNC(=O)CN. The molecule has 0 radical (unpaired) electrons. The molecule has 98 valence electrons. The van der Waals surface area contributed by atoms with Crippen LogP contribution in [0.3, 0.4) is 0 Å². The first-order chi connectivity index (χ1) is 8.17. The topological polar surface area (TPSA) is 84.2 Å². The van der Waals surface area contributed by atoms with Crippen molar-refractivity contribution in [1.82, 2.24) is 10.6 Å². The summed E-state index contributed by atoms with van der Waals surface area (Å²) in [5.74, 6) is 0.646. The Morgan fingerprint density at radius 3 is 2.76 bits per heavy atom. The first-order valence-corrected chi connectivity index (χ1v) is 7.10. The predicted molar refractivity (Wildman–Crippen MR) is 69.8 cm³/mol. The van der Waals surface area contributed by atoms with Gasteiger partial charge in [-0.1, -0.05) is 13.3 Å². The van der Waals surface area contributed by atoms with E-state index >= 15 is 0 Å². The summed E-state index contributed by atoms with van der Waals surface area (Å²) in [5, 5.41) is 5.97. The van der Waals surface area contributed by atoms with E-state index in [0.29, 0.717) is 5.25 Å². The van der Waals surface area contributed by atoms with Crippen molar-refractivity contribution in [3.8, 4) is 0 Å². The van der Waals surface area contributed by atoms with Gasteiger partial charge in [-0.05, 0) is 18.6 Å². The Labute approximate surface area is 106 Å². The van der Waals surface area contributed by atoms with E-state index in [1.54, 1.807) is 0 Å². The highest BCUT2D eigenvalue weighted by atomic mass is 32.2. The maximum Gasteiger partial charge on any atom is 0.239 e. The average molecular weight is 259 g/mol. The highest BCUT2D eigenvalue weighted by molar-refractivity contribution is 7.99. The molecule has 17 heavy (non-hydrogen) atoms. The summed E-state index contributed by atoms with van der Waals surface area (Å²) >= 11 is 1.90. The van der Waals surface area contributed by atoms with E-state index in [0.717, 1.165) is 18.6 Å². The molecule has 1 aliphatic rings. The van der Waals surface area contributed by atoms with Crippen LogP contribution in [0.25, 0.3) is 0 Å². The molecule has 0 aliphatic heterocycles. The Hall–Kier alpha value is -0.750. The highest BCUT2D eigenvalue weighted by Crippen LogP contribution is 2.29. The second kappa shape index (κ2) is 7.55. The molecule has 6 heteroatoms. The number of nitrogens with one attached hydrogen (secondary N) is 2. The zero-order valence-electron chi connectivity index (χ0n) is 10.2. The van der Waals surface area contributed by atoms with Crippen LogP contribution in [0.2, 0.25) is 0 Å². The third-order valence-corrected chi connectivity index (χ3v) is 4.14. The van der Waals surface area contributed by atoms with Gasteiger partial charge in [0.05, 0.1) is 13.1 Å². The second-order valence-corrected chi connectivity index (χ2v) is 5.60. The van der Waals surface area contributed by atoms with Gasteiger partial charge in [0.2, 0.25) is 11.8 Å². The molecular formula is C11H21N3O2S. The smallest absolute Gasteiger partial charge is 0.239 e. The maximum absolute atomic E-state index is 11.6. The summed E-state index contributed by atoms with van der Waals surface area (Å²) in [4.78, 5) is 22.5. The Kier molecular flexibility index (Phi) is 6.36. The number of hydrogen-bond acceptors (Lipinski definition) is 4. The van der Waals surface area contributed by atoms with Crippen molar-refractivity contribution >= 4 is 23.6 Å². The molecule has 4 N–H and O–H groups in total. The number of amides is 2. The fraction of sp³-hybridized carbons (Fsp3) is 0.818. The molecule has 0 aromatic heterocycles. The van der Waals surface area contributed by atoms with E-state index in [1.165, 1.54) is 6.42 Å². The van der Waals surface area contributed by atoms with Crippen molar-refractivity contribution in [2.75, 3.05) is 18.8 Å². The predicted octanol–water partition coefficient (Wildman–Crippen LogP) is -0.148. The van der Waals surface area contributed by atoms with Crippen molar-refractivity contribution in [2.45, 2.75) is 37.5 Å². The minimum absolute atomic E-state index is 0.0239. The number of carbonyl (C=O) groups excluding carboxylic acids is 2. The van der Waals surface area contributed by atoms with Crippen LogP contribution in [-0.2, 0) is 9.59 Å². The number of carbonyl (C=O) groups is 2. The summed E-state index contributed by atoms with van der Waals surface area (Å²) in [6.45, 7) is 2.07. The van der Waals surface area contributed by atoms with Crippen LogP contribution in [0.5, 0.6) is 0 Å². The summed E-state index contributed by atoms with van der Waals surface area (Å²) in [5.41, 5.74) is 5.14. The molecule has 0 heterocycles. The zero-order valence-corrected chi connectivity index (χ0v) is 11.0. The van der Waals surface area contributed by atoms with Crippen LogP contribution in [-0.4, -0.2) is 41.9 Å². The lowest BCUT2D eigenvalue weighted by atomic mass is 10.2. The Bertz CT molecular complexity index is 273. The monoisotopic (exact) mass is 259 g/mol. The third kappa shape index (κ3) is 4.95. The average Bonchev–Trinajstić information content (AvgIpc) is 2.74. The molecular weight excluding hydrogens is 238 g/mol. The molecule has 2 unspecified atom stereocenters. The van der Waals surface area contributed by atoms with Gasteiger partial charge in [-0.15, -0.1) is 0 Å². The molecule has 1 fully saturated rings. The van der Waals surface area contributed by atoms with Crippen LogP contribution in [0.1, 0.15) is 26.2 Å². The molecule has 0 spiro atoms. The van der Waals surface area contributed by atoms with Crippen molar-refractivity contribution < 1.29 is 9.59 Å². The number of rotatable bonds is 6. The molecule has 1 rings (SSSR count). The molecule has 2 amide bonds. The zero-order chi connectivity index (χ0) is 12.7. The molecule has 5 nitrogen and oxygen atoms in total. The van der Waals surface area contributed by atoms with E-state index in [9.17, 15) is 9.59 Å². The largest absolute Gasteiger partial charge is 0.351 e. The quantitative estimate of drug-likeness (QED) is 0.619. The summed E-state index contributed by atoms with van der Waals surface area (Å²) in [6.07, 6.45) is 3.37. The van der Waals surface area contributed by atoms with Crippen LogP contribution in [0, 0.1) is 0 Å². The lowest BCUT2D eigenvalue weighted by Gasteiger charge is -2.20. The van der Waals surface area contributed by atoms with Crippen LogP contribution < -0.4 is 16.4 Å². The van der Waals surface area contributed by atoms with Crippen molar-refractivity contribution in [3.05, 3.63) is 0 Å². The van der Waals surface area contributed by atoms with Gasteiger partial charge in [-0.25, -0.2) is 0 Å². The van der Waals surface area contributed by atoms with Gasteiger partial charge in [0, 0.05) is 11.3 Å². The minimum atomic E-state index is -0.300. The first-order valence-electron chi connectivity index (χ1n) is 6.05. The van der Waals surface area contributed by atoms with Gasteiger partial charge < -0.3 is 16.4 Å². The van der Waals surface area contributed by atoms with E-state index in [-0.39, 0.29) is 30.9 Å². The maximum atomic E-state index is 11.6.